The summed E-state index contributed by atoms with van der Waals surface area (Å²) in [5, 5.41) is 10.0. The molecule has 128 valence electrons. The van der Waals surface area contributed by atoms with Crippen molar-refractivity contribution in [1.29, 1.82) is 0 Å². The molecule has 1 heterocycles. The van der Waals surface area contributed by atoms with Gasteiger partial charge in [0.1, 0.15) is 6.10 Å². The average Bonchev–Trinajstić information content (AvgIpc) is 2.50. The van der Waals surface area contributed by atoms with Crippen LogP contribution in [0.4, 0.5) is 0 Å². The molecule has 0 aliphatic carbocycles. The van der Waals surface area contributed by atoms with Crippen molar-refractivity contribution in [2.75, 3.05) is 0 Å². The summed E-state index contributed by atoms with van der Waals surface area (Å²) in [7, 11) is 0. The van der Waals surface area contributed by atoms with Crippen molar-refractivity contribution in [1.82, 2.24) is 0 Å². The molecule has 0 saturated carbocycles. The van der Waals surface area contributed by atoms with Gasteiger partial charge < -0.3 is 9.84 Å². The Labute approximate surface area is 136 Å². The second-order valence-electron chi connectivity index (χ2n) is 6.61. The summed E-state index contributed by atoms with van der Waals surface area (Å²) >= 11 is 0. The number of hydrogen-bond acceptors (Lipinski definition) is 3. The third-order valence-corrected chi connectivity index (χ3v) is 4.58. The number of hydrogen-bond donors (Lipinski definition) is 1. The zero-order valence-electron chi connectivity index (χ0n) is 14.3. The summed E-state index contributed by atoms with van der Waals surface area (Å²) in [6.45, 7) is 5.91. The average molecular weight is 310 g/mol. The van der Waals surface area contributed by atoms with Crippen LogP contribution in [0.15, 0.2) is 12.7 Å². The van der Waals surface area contributed by atoms with E-state index in [-0.39, 0.29) is 24.1 Å². The smallest absolute Gasteiger partial charge is 0.313 e. The van der Waals surface area contributed by atoms with E-state index in [0.29, 0.717) is 12.8 Å². The van der Waals surface area contributed by atoms with Crippen molar-refractivity contribution < 1.29 is 14.6 Å². The fourth-order valence-corrected chi connectivity index (χ4v) is 3.11. The Bertz CT molecular complexity index is 314. The van der Waals surface area contributed by atoms with Gasteiger partial charge in [0.05, 0.1) is 12.0 Å². The van der Waals surface area contributed by atoms with Crippen LogP contribution in [0.2, 0.25) is 0 Å². The van der Waals surface area contributed by atoms with Crippen LogP contribution in [0.3, 0.4) is 0 Å². The van der Waals surface area contributed by atoms with E-state index >= 15 is 0 Å². The van der Waals surface area contributed by atoms with Gasteiger partial charge in [0.2, 0.25) is 0 Å². The Balaban J connectivity index is 1.94. The molecule has 0 aromatic carbocycles. The summed E-state index contributed by atoms with van der Waals surface area (Å²) < 4.78 is 5.12. The summed E-state index contributed by atoms with van der Waals surface area (Å²) in [6, 6.07) is 0. The van der Waals surface area contributed by atoms with Crippen LogP contribution in [0.25, 0.3) is 0 Å². The van der Waals surface area contributed by atoms with Gasteiger partial charge in [-0.3, -0.25) is 4.79 Å². The maximum absolute atomic E-state index is 11.3. The molecule has 1 N–H and O–H groups in total. The molecular weight excluding hydrogens is 276 g/mol. The predicted octanol–water partition coefficient (Wildman–Crippen LogP) is 4.78. The molecule has 3 atom stereocenters. The van der Waals surface area contributed by atoms with Crippen LogP contribution >= 0.6 is 0 Å². The zero-order chi connectivity index (χ0) is 16.2. The number of unbranched alkanes of at least 4 members (excludes halogenated alkanes) is 8. The molecule has 22 heavy (non-hydrogen) atoms. The first-order valence-electron chi connectivity index (χ1n) is 9.18. The monoisotopic (exact) mass is 310 g/mol. The van der Waals surface area contributed by atoms with Gasteiger partial charge in [-0.25, -0.2) is 0 Å². The lowest BCUT2D eigenvalue weighted by Gasteiger charge is -2.35. The molecule has 1 aliphatic heterocycles. The van der Waals surface area contributed by atoms with Crippen molar-refractivity contribution in [2.45, 2.75) is 96.2 Å². The van der Waals surface area contributed by atoms with Crippen molar-refractivity contribution in [2.24, 2.45) is 5.92 Å². The standard InChI is InChI=1S/C19H34O3/c1-3-5-6-7-8-9-10-11-12-14-16(20)15-18-17(13-4-2)19(21)22-18/h4,16-18,20H,2-3,5-15H2,1H3/t16?,17-,18-/m0/s1. The molecule has 0 spiro atoms. The number of esters is 1. The molecule has 0 radical (unpaired) electrons. The minimum atomic E-state index is -0.338. The fourth-order valence-electron chi connectivity index (χ4n) is 3.11. The Kier molecular flexibility index (Phi) is 10.2. The number of aliphatic hydroxyl groups excluding tert-OH is 1. The number of cyclic esters (lactones) is 1. The topological polar surface area (TPSA) is 46.5 Å². The number of ether oxygens (including phenoxy) is 1. The fraction of sp³-hybridized carbons (Fsp3) is 0.842. The van der Waals surface area contributed by atoms with E-state index in [0.717, 1.165) is 12.8 Å². The Morgan fingerprint density at radius 1 is 1.14 bits per heavy atom. The molecule has 0 aromatic heterocycles. The quantitative estimate of drug-likeness (QED) is 0.285. The van der Waals surface area contributed by atoms with E-state index in [1.807, 2.05) is 0 Å². The van der Waals surface area contributed by atoms with E-state index < -0.39 is 0 Å². The van der Waals surface area contributed by atoms with E-state index in [1.165, 1.54) is 51.4 Å². The van der Waals surface area contributed by atoms with Crippen LogP contribution in [-0.4, -0.2) is 23.3 Å². The first-order valence-corrected chi connectivity index (χ1v) is 9.18. The summed E-state index contributed by atoms with van der Waals surface area (Å²) in [5.41, 5.74) is 0. The van der Waals surface area contributed by atoms with Gasteiger partial charge in [0.15, 0.2) is 0 Å². The lowest BCUT2D eigenvalue weighted by Crippen LogP contribution is -2.46. The van der Waals surface area contributed by atoms with E-state index in [2.05, 4.69) is 13.5 Å². The highest BCUT2D eigenvalue weighted by Crippen LogP contribution is 2.30. The van der Waals surface area contributed by atoms with Gasteiger partial charge in [-0.2, -0.15) is 0 Å². The number of carbonyl (C=O) groups excluding carboxylic acids is 1. The highest BCUT2D eigenvalue weighted by molar-refractivity contribution is 5.78. The molecule has 3 heteroatoms. The second kappa shape index (κ2) is 11.7. The molecule has 0 aromatic rings. The van der Waals surface area contributed by atoms with Gasteiger partial charge in [0, 0.05) is 6.42 Å². The van der Waals surface area contributed by atoms with E-state index in [9.17, 15) is 9.90 Å². The van der Waals surface area contributed by atoms with E-state index in [1.54, 1.807) is 6.08 Å². The van der Waals surface area contributed by atoms with Crippen LogP contribution in [0.1, 0.15) is 84.0 Å². The largest absolute Gasteiger partial charge is 0.461 e. The van der Waals surface area contributed by atoms with E-state index in [4.69, 9.17) is 4.74 Å². The SMILES string of the molecule is C=CC[C@@H]1C(=O)O[C@H]1CC(O)CCCCCCCCCCC. The van der Waals surface area contributed by atoms with Gasteiger partial charge in [0.25, 0.3) is 0 Å². The van der Waals surface area contributed by atoms with Crippen molar-refractivity contribution >= 4 is 5.97 Å². The molecule has 1 unspecified atom stereocenters. The van der Waals surface area contributed by atoms with Crippen molar-refractivity contribution in [3.05, 3.63) is 12.7 Å². The van der Waals surface area contributed by atoms with Gasteiger partial charge in [-0.1, -0.05) is 70.8 Å². The molecule has 0 bridgehead atoms. The first-order chi connectivity index (χ1) is 10.7. The Morgan fingerprint density at radius 3 is 2.27 bits per heavy atom. The maximum Gasteiger partial charge on any atom is 0.313 e. The maximum atomic E-state index is 11.3. The van der Waals surface area contributed by atoms with Crippen molar-refractivity contribution in [3.63, 3.8) is 0 Å². The molecule has 1 fully saturated rings. The second-order valence-corrected chi connectivity index (χ2v) is 6.61. The van der Waals surface area contributed by atoms with Crippen LogP contribution in [0, 0.1) is 5.92 Å². The molecule has 1 aliphatic rings. The molecule has 1 saturated heterocycles. The lowest BCUT2D eigenvalue weighted by molar-refractivity contribution is -0.187. The highest BCUT2D eigenvalue weighted by Gasteiger charge is 2.41. The Morgan fingerprint density at radius 2 is 1.73 bits per heavy atom. The normalized spacial score (nSPS) is 22.0. The minimum Gasteiger partial charge on any atom is -0.461 e. The van der Waals surface area contributed by atoms with Crippen molar-refractivity contribution in [3.8, 4) is 0 Å². The third kappa shape index (κ3) is 7.44. The van der Waals surface area contributed by atoms with Crippen LogP contribution in [0.5, 0.6) is 0 Å². The minimum absolute atomic E-state index is 0.0738. The number of carbonyl (C=O) groups is 1. The van der Waals surface area contributed by atoms with Gasteiger partial charge >= 0.3 is 5.97 Å². The molecule has 1 rings (SSSR count). The lowest BCUT2D eigenvalue weighted by atomic mass is 9.88. The van der Waals surface area contributed by atoms with Gasteiger partial charge in [-0.05, 0) is 12.8 Å². The summed E-state index contributed by atoms with van der Waals surface area (Å²) in [4.78, 5) is 11.3. The molecule has 0 amide bonds. The predicted molar refractivity (Wildman–Crippen MR) is 90.7 cm³/mol. The summed E-state index contributed by atoms with van der Waals surface area (Å²) in [5.74, 6) is -0.213. The van der Waals surface area contributed by atoms with Crippen LogP contribution < -0.4 is 0 Å². The first kappa shape index (κ1) is 19.2. The van der Waals surface area contributed by atoms with Crippen LogP contribution in [-0.2, 0) is 9.53 Å². The number of aliphatic hydroxyl groups is 1. The third-order valence-electron chi connectivity index (χ3n) is 4.58. The number of allylic oxidation sites excluding steroid dienone is 1. The highest BCUT2D eigenvalue weighted by atomic mass is 16.6. The zero-order valence-corrected chi connectivity index (χ0v) is 14.3. The molecular formula is C19H34O3. The molecule has 3 nitrogen and oxygen atoms in total. The van der Waals surface area contributed by atoms with Gasteiger partial charge in [-0.15, -0.1) is 6.58 Å². The summed E-state index contributed by atoms with van der Waals surface area (Å²) in [6.07, 6.45) is 15.0. The Hall–Kier alpha value is -0.830. The number of rotatable bonds is 14.